The summed E-state index contributed by atoms with van der Waals surface area (Å²) in [4.78, 5) is 17.2. The quantitative estimate of drug-likeness (QED) is 0.148. The smallest absolute Gasteiger partial charge is 0.277 e. The third-order valence-corrected chi connectivity index (χ3v) is 6.70. The number of aromatic nitrogens is 1. The molecule has 0 aliphatic carbocycles. The molecule has 40 heavy (non-hydrogen) atoms. The van der Waals surface area contributed by atoms with E-state index in [9.17, 15) is 4.79 Å². The van der Waals surface area contributed by atoms with Gasteiger partial charge in [-0.25, -0.2) is 10.4 Å². The predicted octanol–water partition coefficient (Wildman–Crippen LogP) is 6.88. The van der Waals surface area contributed by atoms with Crippen LogP contribution in [0, 0.1) is 0 Å². The SMILES string of the molecule is COc1ccc(/C=N\NC(=O)COc2ccc(-c3cc(-c4ccccc4)c4cc(Br)ccc4n3)cc2)c(OC)c1. The van der Waals surface area contributed by atoms with Gasteiger partial charge in [-0.15, -0.1) is 0 Å². The molecule has 0 saturated carbocycles. The molecule has 0 aliphatic heterocycles. The van der Waals surface area contributed by atoms with Crippen molar-refractivity contribution in [3.8, 4) is 39.6 Å². The molecular weight excluding hydrogens is 570 g/mol. The van der Waals surface area contributed by atoms with E-state index in [0.717, 1.165) is 37.8 Å². The van der Waals surface area contributed by atoms with Gasteiger partial charge >= 0.3 is 0 Å². The number of pyridine rings is 1. The topological polar surface area (TPSA) is 82.0 Å². The highest BCUT2D eigenvalue weighted by atomic mass is 79.9. The molecule has 200 valence electrons. The molecular formula is C32H26BrN3O4. The average molecular weight is 596 g/mol. The molecule has 5 rings (SSSR count). The van der Waals surface area contributed by atoms with E-state index in [0.29, 0.717) is 22.8 Å². The van der Waals surface area contributed by atoms with Crippen LogP contribution >= 0.6 is 15.9 Å². The van der Waals surface area contributed by atoms with Gasteiger partial charge in [-0.1, -0.05) is 46.3 Å². The summed E-state index contributed by atoms with van der Waals surface area (Å²) in [5.74, 6) is 1.42. The van der Waals surface area contributed by atoms with Crippen molar-refractivity contribution in [3.05, 3.63) is 107 Å². The molecule has 0 atom stereocenters. The Kier molecular flexibility index (Phi) is 8.37. The van der Waals surface area contributed by atoms with Crippen LogP contribution in [0.4, 0.5) is 0 Å². The Morgan fingerprint density at radius 1 is 0.875 bits per heavy atom. The Hall–Kier alpha value is -4.69. The second-order valence-corrected chi connectivity index (χ2v) is 9.71. The van der Waals surface area contributed by atoms with Gasteiger partial charge in [0, 0.05) is 27.1 Å². The minimum absolute atomic E-state index is 0.183. The number of ether oxygens (including phenoxy) is 3. The van der Waals surface area contributed by atoms with E-state index in [1.54, 1.807) is 32.4 Å². The molecule has 4 aromatic carbocycles. The first kappa shape index (κ1) is 26.9. The summed E-state index contributed by atoms with van der Waals surface area (Å²) in [7, 11) is 3.14. The van der Waals surface area contributed by atoms with Gasteiger partial charge in [0.05, 0.1) is 31.6 Å². The van der Waals surface area contributed by atoms with Crippen LogP contribution in [0.1, 0.15) is 5.56 Å². The maximum absolute atomic E-state index is 12.3. The lowest BCUT2D eigenvalue weighted by Gasteiger charge is -2.11. The van der Waals surface area contributed by atoms with Crippen molar-refractivity contribution in [3.63, 3.8) is 0 Å². The van der Waals surface area contributed by atoms with Gasteiger partial charge < -0.3 is 14.2 Å². The van der Waals surface area contributed by atoms with Gasteiger partial charge in [0.15, 0.2) is 6.61 Å². The van der Waals surface area contributed by atoms with Crippen LogP contribution in [0.15, 0.2) is 107 Å². The number of nitrogens with one attached hydrogen (secondary N) is 1. The van der Waals surface area contributed by atoms with Crippen LogP contribution in [0.25, 0.3) is 33.3 Å². The minimum Gasteiger partial charge on any atom is -0.497 e. The lowest BCUT2D eigenvalue weighted by atomic mass is 9.98. The first-order valence-corrected chi connectivity index (χ1v) is 13.3. The average Bonchev–Trinajstić information content (AvgIpc) is 3.00. The first-order valence-electron chi connectivity index (χ1n) is 12.5. The molecule has 0 fully saturated rings. The number of carbonyl (C=O) groups excluding carboxylic acids is 1. The van der Waals surface area contributed by atoms with Crippen LogP contribution < -0.4 is 19.6 Å². The Morgan fingerprint density at radius 2 is 1.65 bits per heavy atom. The fraction of sp³-hybridized carbons (Fsp3) is 0.0938. The highest BCUT2D eigenvalue weighted by Crippen LogP contribution is 2.34. The monoisotopic (exact) mass is 595 g/mol. The van der Waals surface area contributed by atoms with Crippen molar-refractivity contribution in [1.82, 2.24) is 10.4 Å². The Balaban J connectivity index is 1.26. The van der Waals surface area contributed by atoms with Crippen molar-refractivity contribution in [2.75, 3.05) is 20.8 Å². The number of halogens is 1. The van der Waals surface area contributed by atoms with E-state index in [4.69, 9.17) is 19.2 Å². The number of carbonyl (C=O) groups is 1. The second-order valence-electron chi connectivity index (χ2n) is 8.80. The maximum atomic E-state index is 12.3. The molecule has 8 heteroatoms. The van der Waals surface area contributed by atoms with Gasteiger partial charge in [0.25, 0.3) is 5.91 Å². The molecule has 0 radical (unpaired) electrons. The summed E-state index contributed by atoms with van der Waals surface area (Å²) in [6, 6.07) is 31.3. The van der Waals surface area contributed by atoms with Gasteiger partial charge in [-0.2, -0.15) is 5.10 Å². The Labute approximate surface area is 240 Å². The number of benzene rings is 4. The van der Waals surface area contributed by atoms with Crippen LogP contribution in [0.3, 0.4) is 0 Å². The summed E-state index contributed by atoms with van der Waals surface area (Å²) in [6.45, 7) is -0.183. The van der Waals surface area contributed by atoms with E-state index in [1.165, 1.54) is 6.21 Å². The van der Waals surface area contributed by atoms with Crippen molar-refractivity contribution < 1.29 is 19.0 Å². The summed E-state index contributed by atoms with van der Waals surface area (Å²) in [5.41, 5.74) is 8.09. The number of hydrazone groups is 1. The molecule has 1 aromatic heterocycles. The third kappa shape index (κ3) is 6.30. The third-order valence-electron chi connectivity index (χ3n) is 6.21. The highest BCUT2D eigenvalue weighted by molar-refractivity contribution is 9.10. The molecule has 1 heterocycles. The van der Waals surface area contributed by atoms with Crippen LogP contribution in [-0.4, -0.2) is 37.9 Å². The first-order chi connectivity index (χ1) is 19.5. The van der Waals surface area contributed by atoms with Crippen molar-refractivity contribution in [1.29, 1.82) is 0 Å². The molecule has 1 amide bonds. The van der Waals surface area contributed by atoms with E-state index in [1.807, 2.05) is 54.6 Å². The molecule has 0 unspecified atom stereocenters. The van der Waals surface area contributed by atoms with E-state index in [2.05, 4.69) is 50.7 Å². The van der Waals surface area contributed by atoms with Gasteiger partial charge in [0.1, 0.15) is 17.2 Å². The van der Waals surface area contributed by atoms with Crippen molar-refractivity contribution >= 4 is 39.0 Å². The number of methoxy groups -OCH3 is 2. The zero-order chi connectivity index (χ0) is 27.9. The van der Waals surface area contributed by atoms with Crippen molar-refractivity contribution in [2.45, 2.75) is 0 Å². The molecule has 7 nitrogen and oxygen atoms in total. The maximum Gasteiger partial charge on any atom is 0.277 e. The lowest BCUT2D eigenvalue weighted by Crippen LogP contribution is -2.24. The Morgan fingerprint density at radius 3 is 2.40 bits per heavy atom. The fourth-order valence-electron chi connectivity index (χ4n) is 4.20. The summed E-state index contributed by atoms with van der Waals surface area (Å²) in [5, 5.41) is 5.07. The van der Waals surface area contributed by atoms with Gasteiger partial charge in [-0.3, -0.25) is 4.79 Å². The number of nitrogens with zero attached hydrogens (tertiary/aromatic N) is 2. The largest absolute Gasteiger partial charge is 0.497 e. The van der Waals surface area contributed by atoms with Crippen LogP contribution in [0.5, 0.6) is 17.2 Å². The lowest BCUT2D eigenvalue weighted by molar-refractivity contribution is -0.123. The predicted molar refractivity (Wildman–Crippen MR) is 161 cm³/mol. The normalized spacial score (nSPS) is 11.0. The number of hydrogen-bond acceptors (Lipinski definition) is 6. The van der Waals surface area contributed by atoms with Gasteiger partial charge in [-0.05, 0) is 71.8 Å². The number of amides is 1. The summed E-state index contributed by atoms with van der Waals surface area (Å²) in [6.07, 6.45) is 1.50. The molecule has 0 aliphatic rings. The standard InChI is InChI=1S/C32H26BrN3O4/c1-38-26-14-10-23(31(17-26)39-2)19-34-36-32(37)20-40-25-12-8-22(9-13-25)30-18-27(21-6-4-3-5-7-21)28-16-24(33)11-15-29(28)35-30/h3-19H,20H2,1-2H3,(H,36,37)/b34-19-. The van der Waals surface area contributed by atoms with Gasteiger partial charge in [0.2, 0.25) is 0 Å². The molecule has 0 spiro atoms. The van der Waals surface area contributed by atoms with E-state index in [-0.39, 0.29) is 12.5 Å². The minimum atomic E-state index is -0.386. The molecule has 1 N–H and O–H groups in total. The van der Waals surface area contributed by atoms with E-state index >= 15 is 0 Å². The van der Waals surface area contributed by atoms with Crippen LogP contribution in [0.2, 0.25) is 0 Å². The summed E-state index contributed by atoms with van der Waals surface area (Å²) < 4.78 is 17.2. The van der Waals surface area contributed by atoms with E-state index < -0.39 is 0 Å². The number of rotatable bonds is 9. The zero-order valence-corrected chi connectivity index (χ0v) is 23.5. The Bertz CT molecular complexity index is 1670. The zero-order valence-electron chi connectivity index (χ0n) is 21.9. The fourth-order valence-corrected chi connectivity index (χ4v) is 4.57. The summed E-state index contributed by atoms with van der Waals surface area (Å²) >= 11 is 3.58. The molecule has 0 bridgehead atoms. The second kappa shape index (κ2) is 12.4. The molecule has 0 saturated heterocycles. The van der Waals surface area contributed by atoms with Crippen LogP contribution in [-0.2, 0) is 4.79 Å². The molecule has 5 aromatic rings. The highest BCUT2D eigenvalue weighted by Gasteiger charge is 2.11. The number of fused-ring (bicyclic) bond motifs is 1. The number of hydrogen-bond donors (Lipinski definition) is 1. The van der Waals surface area contributed by atoms with Crippen molar-refractivity contribution in [2.24, 2.45) is 5.10 Å².